The second-order valence-electron chi connectivity index (χ2n) is 4.21. The number of hydroxylamine groups is 2. The molecular formula is C7F15NO2. The third-order valence-electron chi connectivity index (χ3n) is 2.54. The fraction of sp³-hybridized carbons (Fsp3) is 1.00. The third-order valence-corrected chi connectivity index (χ3v) is 2.54. The number of hydrogen-bond acceptors (Lipinski definition) is 3. The number of hydrogen-bond donors (Lipinski definition) is 0. The van der Waals surface area contributed by atoms with Gasteiger partial charge >= 0.3 is 42.5 Å². The van der Waals surface area contributed by atoms with E-state index in [-0.39, 0.29) is 0 Å². The lowest BCUT2D eigenvalue weighted by molar-refractivity contribution is -0.488. The molecule has 1 heterocycles. The highest BCUT2D eigenvalue weighted by atomic mass is 19.4. The van der Waals surface area contributed by atoms with Gasteiger partial charge in [-0.05, 0) is 5.06 Å². The number of halogens is 15. The maximum absolute atomic E-state index is 12.6. The Morgan fingerprint density at radius 2 is 0.840 bits per heavy atom. The number of ether oxygens (including phenoxy) is 1. The predicted octanol–water partition coefficient (Wildman–Crippen LogP) is 4.41. The van der Waals surface area contributed by atoms with Crippen LogP contribution in [0.4, 0.5) is 65.9 Å². The summed E-state index contributed by atoms with van der Waals surface area (Å²) >= 11 is 0. The smallest absolute Gasteiger partial charge is 0.293 e. The van der Waals surface area contributed by atoms with Gasteiger partial charge in [-0.25, -0.2) is 4.84 Å². The summed E-state index contributed by atoms with van der Waals surface area (Å²) in [5.41, 5.74) is -7.14. The van der Waals surface area contributed by atoms with Crippen molar-refractivity contribution < 1.29 is 75.4 Å². The van der Waals surface area contributed by atoms with Crippen molar-refractivity contribution in [3.63, 3.8) is 0 Å². The molecule has 18 heteroatoms. The molecule has 0 aromatic heterocycles. The maximum Gasteiger partial charge on any atom is 0.486 e. The molecule has 1 fully saturated rings. The van der Waals surface area contributed by atoms with Crippen LogP contribution in [0.2, 0.25) is 0 Å². The lowest BCUT2D eigenvalue weighted by Gasteiger charge is -2.37. The Labute approximate surface area is 124 Å². The van der Waals surface area contributed by atoms with Crippen LogP contribution in [-0.4, -0.2) is 47.6 Å². The first-order valence-electron chi connectivity index (χ1n) is 5.08. The molecule has 0 aromatic carbocycles. The van der Waals surface area contributed by atoms with E-state index in [1.165, 1.54) is 0 Å². The summed E-state index contributed by atoms with van der Waals surface area (Å²) in [6, 6.07) is 0. The molecule has 1 saturated heterocycles. The first kappa shape index (κ1) is 21.9. The maximum atomic E-state index is 12.6. The van der Waals surface area contributed by atoms with Gasteiger partial charge in [-0.15, -0.1) is 0 Å². The zero-order chi connectivity index (χ0) is 20.5. The molecule has 0 aromatic rings. The Kier molecular flexibility index (Phi) is 4.53. The predicted molar refractivity (Wildman–Crippen MR) is 39.7 cm³/mol. The highest BCUT2D eigenvalue weighted by Crippen LogP contribution is 2.63. The van der Waals surface area contributed by atoms with Gasteiger partial charge in [0.1, 0.15) is 0 Å². The van der Waals surface area contributed by atoms with Gasteiger partial charge in [0.2, 0.25) is 0 Å². The summed E-state index contributed by atoms with van der Waals surface area (Å²) in [6.07, 6.45) is -36.7. The van der Waals surface area contributed by atoms with Crippen LogP contribution in [-0.2, 0) is 9.57 Å². The average molecular weight is 415 g/mol. The summed E-state index contributed by atoms with van der Waals surface area (Å²) < 4.78 is 190. The Balaban J connectivity index is 3.90. The van der Waals surface area contributed by atoms with E-state index in [4.69, 9.17) is 0 Å². The highest BCUT2D eigenvalue weighted by molar-refractivity contribution is 5.04. The molecule has 150 valence electrons. The Hall–Kier alpha value is -1.17. The second kappa shape index (κ2) is 5.18. The fourth-order valence-corrected chi connectivity index (χ4v) is 1.58. The monoisotopic (exact) mass is 415 g/mol. The van der Waals surface area contributed by atoms with Crippen molar-refractivity contribution in [1.29, 1.82) is 0 Å². The molecule has 3 nitrogen and oxygen atoms in total. The summed E-state index contributed by atoms with van der Waals surface area (Å²) in [5.74, 6) is -6.89. The zero-order valence-corrected chi connectivity index (χ0v) is 10.4. The molecule has 0 bridgehead atoms. The standard InChI is InChI=1S/C7F15NO2/c8-3(9,10)1(4(11,12)13)23(7(20,21)22)25-2(24-1,5(14,15)16)6(17,18)19. The number of nitrogens with zero attached hydrogens (tertiary/aromatic N) is 1. The van der Waals surface area contributed by atoms with Crippen molar-refractivity contribution in [2.45, 2.75) is 42.5 Å². The molecule has 1 aliphatic heterocycles. The summed E-state index contributed by atoms with van der Waals surface area (Å²) in [6.45, 7) is 0. The zero-order valence-electron chi connectivity index (χ0n) is 10.4. The Bertz CT molecular complexity index is 478. The first-order valence-corrected chi connectivity index (χ1v) is 5.08. The van der Waals surface area contributed by atoms with E-state index in [1.807, 2.05) is 4.74 Å². The van der Waals surface area contributed by atoms with Crippen LogP contribution in [0.25, 0.3) is 0 Å². The number of rotatable bonds is 0. The molecule has 1 rings (SSSR count). The van der Waals surface area contributed by atoms with Crippen molar-refractivity contribution >= 4 is 0 Å². The van der Waals surface area contributed by atoms with Crippen molar-refractivity contribution in [2.75, 3.05) is 0 Å². The summed E-state index contributed by atoms with van der Waals surface area (Å²) in [5, 5.41) is -3.51. The molecule has 0 amide bonds. The number of alkyl halides is 15. The SMILES string of the molecule is FC(F)(F)N1OC(C(F)(F)F)(C(F)(F)F)OC1(C(F)(F)F)C(F)(F)F. The van der Waals surface area contributed by atoms with Crippen LogP contribution in [0.3, 0.4) is 0 Å². The molecule has 0 saturated carbocycles. The molecular weight excluding hydrogens is 415 g/mol. The van der Waals surface area contributed by atoms with Gasteiger partial charge in [0.25, 0.3) is 0 Å². The van der Waals surface area contributed by atoms with E-state index in [0.717, 1.165) is 0 Å². The molecule has 0 N–H and O–H groups in total. The fourth-order valence-electron chi connectivity index (χ4n) is 1.58. The molecule has 0 unspecified atom stereocenters. The molecule has 0 radical (unpaired) electrons. The minimum absolute atomic E-state index is 2.02. The van der Waals surface area contributed by atoms with Gasteiger partial charge in [0.15, 0.2) is 0 Å². The third kappa shape index (κ3) is 2.96. The summed E-state index contributed by atoms with van der Waals surface area (Å²) in [4.78, 5) is 2.11. The lowest BCUT2D eigenvalue weighted by Crippen LogP contribution is -2.69. The first-order chi connectivity index (χ1) is 10.5. The average Bonchev–Trinajstić information content (AvgIpc) is 2.62. The highest BCUT2D eigenvalue weighted by Gasteiger charge is 2.94. The van der Waals surface area contributed by atoms with E-state index in [2.05, 4.69) is 4.84 Å². The molecule has 25 heavy (non-hydrogen) atoms. The topological polar surface area (TPSA) is 21.7 Å². The van der Waals surface area contributed by atoms with Crippen molar-refractivity contribution in [1.82, 2.24) is 5.06 Å². The van der Waals surface area contributed by atoms with Crippen molar-refractivity contribution in [3.8, 4) is 0 Å². The van der Waals surface area contributed by atoms with E-state index < -0.39 is 47.6 Å². The quantitative estimate of drug-likeness (QED) is 0.432. The lowest BCUT2D eigenvalue weighted by atomic mass is 10.1. The minimum atomic E-state index is -7.49. The van der Waals surface area contributed by atoms with Crippen LogP contribution in [0.1, 0.15) is 0 Å². The van der Waals surface area contributed by atoms with Gasteiger partial charge < -0.3 is 0 Å². The van der Waals surface area contributed by atoms with Crippen LogP contribution in [0, 0.1) is 0 Å². The van der Waals surface area contributed by atoms with E-state index >= 15 is 0 Å². The van der Waals surface area contributed by atoms with Crippen LogP contribution >= 0.6 is 0 Å². The van der Waals surface area contributed by atoms with Gasteiger partial charge in [-0.3, -0.25) is 4.74 Å². The minimum Gasteiger partial charge on any atom is -0.293 e. The largest absolute Gasteiger partial charge is 0.486 e. The Morgan fingerprint density at radius 3 is 1.00 bits per heavy atom. The van der Waals surface area contributed by atoms with Gasteiger partial charge in [-0.2, -0.15) is 65.9 Å². The molecule has 1 aliphatic rings. The van der Waals surface area contributed by atoms with E-state index in [1.54, 1.807) is 0 Å². The molecule has 0 aliphatic carbocycles. The van der Waals surface area contributed by atoms with Crippen molar-refractivity contribution in [3.05, 3.63) is 0 Å². The van der Waals surface area contributed by atoms with Crippen LogP contribution in [0.15, 0.2) is 0 Å². The summed E-state index contributed by atoms with van der Waals surface area (Å²) in [7, 11) is 0. The van der Waals surface area contributed by atoms with E-state index in [0.29, 0.717) is 0 Å². The van der Waals surface area contributed by atoms with Gasteiger partial charge in [0.05, 0.1) is 0 Å². The molecule has 0 atom stereocenters. The Morgan fingerprint density at radius 1 is 0.520 bits per heavy atom. The van der Waals surface area contributed by atoms with Crippen LogP contribution in [0.5, 0.6) is 0 Å². The normalized spacial score (nSPS) is 23.2. The van der Waals surface area contributed by atoms with Crippen LogP contribution < -0.4 is 0 Å². The van der Waals surface area contributed by atoms with Crippen molar-refractivity contribution in [2.24, 2.45) is 0 Å². The molecule has 0 spiro atoms. The van der Waals surface area contributed by atoms with Gasteiger partial charge in [0, 0.05) is 0 Å². The van der Waals surface area contributed by atoms with E-state index in [9.17, 15) is 65.9 Å². The van der Waals surface area contributed by atoms with Gasteiger partial charge in [-0.1, -0.05) is 0 Å². The second-order valence-corrected chi connectivity index (χ2v) is 4.21.